The van der Waals surface area contributed by atoms with Crippen LogP contribution < -0.4 is 5.32 Å². The predicted octanol–water partition coefficient (Wildman–Crippen LogP) is 3.18. The molecule has 0 aliphatic rings. The van der Waals surface area contributed by atoms with Crippen molar-refractivity contribution < 1.29 is 5.11 Å². The zero-order valence-corrected chi connectivity index (χ0v) is 12.1. The Kier molecular flexibility index (Phi) is 5.80. The summed E-state index contributed by atoms with van der Waals surface area (Å²) in [4.78, 5) is 1.21. The average Bonchev–Trinajstić information content (AvgIpc) is 2.32. The van der Waals surface area contributed by atoms with E-state index in [1.165, 1.54) is 4.90 Å². The number of nitrogens with one attached hydrogen (secondary N) is 1. The first-order valence-electron chi connectivity index (χ1n) is 5.71. The Morgan fingerprint density at radius 2 is 2.00 bits per heavy atom. The van der Waals surface area contributed by atoms with Crippen LogP contribution in [0, 0.1) is 0 Å². The number of likely N-dealkylation sites (N-methyl/N-ethyl adjacent to an activating group) is 1. The number of halogens is 1. The van der Waals surface area contributed by atoms with Crippen molar-refractivity contribution >= 4 is 23.4 Å². The Morgan fingerprint density at radius 1 is 1.41 bits per heavy atom. The maximum Gasteiger partial charge on any atom is 0.0610 e. The third kappa shape index (κ3) is 4.88. The molecule has 1 rings (SSSR count). The highest BCUT2D eigenvalue weighted by Gasteiger charge is 2.23. The fourth-order valence-corrected chi connectivity index (χ4v) is 3.00. The second-order valence-corrected chi connectivity index (χ2v) is 6.50. The van der Waals surface area contributed by atoms with Crippen molar-refractivity contribution in [2.75, 3.05) is 13.7 Å². The van der Waals surface area contributed by atoms with E-state index < -0.39 is 0 Å². The molecule has 0 aromatic heterocycles. The Morgan fingerprint density at radius 3 is 2.47 bits per heavy atom. The molecule has 0 aliphatic carbocycles. The Bertz CT molecular complexity index is 338. The molecule has 17 heavy (non-hydrogen) atoms. The van der Waals surface area contributed by atoms with Crippen LogP contribution in [-0.2, 0) is 0 Å². The number of hydrogen-bond acceptors (Lipinski definition) is 3. The lowest BCUT2D eigenvalue weighted by Crippen LogP contribution is -2.45. The number of benzene rings is 1. The van der Waals surface area contributed by atoms with Crippen molar-refractivity contribution in [3.63, 3.8) is 0 Å². The van der Waals surface area contributed by atoms with Gasteiger partial charge in [-0.1, -0.05) is 18.5 Å². The van der Waals surface area contributed by atoms with Gasteiger partial charge in [-0.2, -0.15) is 0 Å². The van der Waals surface area contributed by atoms with Crippen LogP contribution in [0.2, 0.25) is 5.02 Å². The summed E-state index contributed by atoms with van der Waals surface area (Å²) in [5.41, 5.74) is -0.209. The fourth-order valence-electron chi connectivity index (χ4n) is 1.67. The molecule has 1 aromatic carbocycles. The van der Waals surface area contributed by atoms with E-state index in [0.717, 1.165) is 11.4 Å². The van der Waals surface area contributed by atoms with E-state index in [0.29, 0.717) is 5.25 Å². The lowest BCUT2D eigenvalue weighted by Gasteiger charge is -2.29. The molecule has 0 aliphatic heterocycles. The van der Waals surface area contributed by atoms with Gasteiger partial charge >= 0.3 is 0 Å². The second-order valence-electron chi connectivity index (χ2n) is 4.56. The van der Waals surface area contributed by atoms with Gasteiger partial charge in [0, 0.05) is 20.7 Å². The standard InChI is InChI=1S/C13H20ClNOS/c1-10(8-13(2,9-16)15-3)17-12-6-4-11(14)5-7-12/h4-7,10,15-16H,8-9H2,1-3H3. The van der Waals surface area contributed by atoms with Gasteiger partial charge in [0.2, 0.25) is 0 Å². The van der Waals surface area contributed by atoms with Gasteiger partial charge in [-0.05, 0) is 44.7 Å². The highest BCUT2D eigenvalue weighted by atomic mass is 35.5. The summed E-state index contributed by atoms with van der Waals surface area (Å²) < 4.78 is 0. The van der Waals surface area contributed by atoms with Crippen LogP contribution in [0.4, 0.5) is 0 Å². The molecule has 0 saturated heterocycles. The Balaban J connectivity index is 2.54. The van der Waals surface area contributed by atoms with Gasteiger partial charge in [0.25, 0.3) is 0 Å². The molecule has 0 bridgehead atoms. The third-order valence-corrected chi connectivity index (χ3v) is 4.21. The topological polar surface area (TPSA) is 32.3 Å². The van der Waals surface area contributed by atoms with Gasteiger partial charge in [0.05, 0.1) is 6.61 Å². The number of aliphatic hydroxyl groups is 1. The van der Waals surface area contributed by atoms with E-state index in [-0.39, 0.29) is 12.1 Å². The van der Waals surface area contributed by atoms with Crippen molar-refractivity contribution in [3.8, 4) is 0 Å². The lowest BCUT2D eigenvalue weighted by atomic mass is 9.97. The van der Waals surface area contributed by atoms with Crippen LogP contribution >= 0.6 is 23.4 Å². The quantitative estimate of drug-likeness (QED) is 0.781. The van der Waals surface area contributed by atoms with Crippen molar-refractivity contribution in [3.05, 3.63) is 29.3 Å². The molecule has 0 saturated carbocycles. The molecule has 2 N–H and O–H groups in total. The summed E-state index contributed by atoms with van der Waals surface area (Å²) in [5, 5.41) is 13.7. The summed E-state index contributed by atoms with van der Waals surface area (Å²) in [7, 11) is 1.88. The van der Waals surface area contributed by atoms with Gasteiger partial charge in [-0.15, -0.1) is 11.8 Å². The molecule has 0 radical (unpaired) electrons. The highest BCUT2D eigenvalue weighted by Crippen LogP contribution is 2.29. The first-order valence-corrected chi connectivity index (χ1v) is 6.97. The van der Waals surface area contributed by atoms with Crippen LogP contribution in [0.25, 0.3) is 0 Å². The fraction of sp³-hybridized carbons (Fsp3) is 0.538. The van der Waals surface area contributed by atoms with E-state index >= 15 is 0 Å². The minimum absolute atomic E-state index is 0.148. The largest absolute Gasteiger partial charge is 0.394 e. The molecule has 1 aromatic rings. The third-order valence-electron chi connectivity index (χ3n) is 2.84. The molecule has 2 nitrogen and oxygen atoms in total. The van der Waals surface area contributed by atoms with E-state index in [2.05, 4.69) is 12.2 Å². The summed E-state index contributed by atoms with van der Waals surface area (Å²) in [6.45, 7) is 4.35. The summed E-state index contributed by atoms with van der Waals surface area (Å²) >= 11 is 7.65. The molecule has 0 amide bonds. The van der Waals surface area contributed by atoms with E-state index in [1.54, 1.807) is 11.8 Å². The molecule has 2 atom stereocenters. The number of hydrogen-bond donors (Lipinski definition) is 2. The first-order chi connectivity index (χ1) is 7.99. The van der Waals surface area contributed by atoms with Gasteiger partial charge in [0.15, 0.2) is 0 Å². The summed E-state index contributed by atoms with van der Waals surface area (Å²) in [6.07, 6.45) is 0.910. The maximum atomic E-state index is 9.35. The SMILES string of the molecule is CNC(C)(CO)CC(C)Sc1ccc(Cl)cc1. The monoisotopic (exact) mass is 273 g/mol. The highest BCUT2D eigenvalue weighted by molar-refractivity contribution is 7.99. The molecule has 0 fully saturated rings. The number of thioether (sulfide) groups is 1. The first kappa shape index (κ1) is 14.8. The zero-order chi connectivity index (χ0) is 12.9. The Labute approximate surface area is 113 Å². The van der Waals surface area contributed by atoms with Crippen LogP contribution in [-0.4, -0.2) is 29.5 Å². The molecule has 4 heteroatoms. The minimum Gasteiger partial charge on any atom is -0.394 e. The summed E-state index contributed by atoms with van der Waals surface area (Å²) in [6, 6.07) is 7.86. The molecular formula is C13H20ClNOS. The van der Waals surface area contributed by atoms with Gasteiger partial charge < -0.3 is 10.4 Å². The lowest BCUT2D eigenvalue weighted by molar-refractivity contribution is 0.174. The molecule has 96 valence electrons. The maximum absolute atomic E-state index is 9.35. The zero-order valence-electron chi connectivity index (χ0n) is 10.5. The number of rotatable bonds is 6. The van der Waals surface area contributed by atoms with Gasteiger partial charge in [-0.3, -0.25) is 0 Å². The summed E-state index contributed by atoms with van der Waals surface area (Å²) in [5.74, 6) is 0. The van der Waals surface area contributed by atoms with Crippen molar-refractivity contribution in [1.29, 1.82) is 0 Å². The van der Waals surface area contributed by atoms with Gasteiger partial charge in [-0.25, -0.2) is 0 Å². The van der Waals surface area contributed by atoms with Crippen LogP contribution in [0.15, 0.2) is 29.2 Å². The van der Waals surface area contributed by atoms with Crippen LogP contribution in [0.5, 0.6) is 0 Å². The molecule has 0 heterocycles. The van der Waals surface area contributed by atoms with E-state index in [9.17, 15) is 5.11 Å². The normalized spacial score (nSPS) is 16.5. The van der Waals surface area contributed by atoms with Gasteiger partial charge in [0.1, 0.15) is 0 Å². The second kappa shape index (κ2) is 6.64. The molecule has 0 spiro atoms. The molecular weight excluding hydrogens is 254 g/mol. The van der Waals surface area contributed by atoms with Crippen molar-refractivity contribution in [1.82, 2.24) is 5.32 Å². The van der Waals surface area contributed by atoms with Crippen LogP contribution in [0.3, 0.4) is 0 Å². The van der Waals surface area contributed by atoms with E-state index in [4.69, 9.17) is 11.6 Å². The van der Waals surface area contributed by atoms with Crippen LogP contribution in [0.1, 0.15) is 20.3 Å². The molecule has 2 unspecified atom stereocenters. The average molecular weight is 274 g/mol. The smallest absolute Gasteiger partial charge is 0.0610 e. The van der Waals surface area contributed by atoms with E-state index in [1.807, 2.05) is 38.2 Å². The minimum atomic E-state index is -0.209. The Hall–Kier alpha value is -0.220. The van der Waals surface area contributed by atoms with Crippen molar-refractivity contribution in [2.24, 2.45) is 0 Å². The predicted molar refractivity (Wildman–Crippen MR) is 75.9 cm³/mol. The number of aliphatic hydroxyl groups excluding tert-OH is 1. The van der Waals surface area contributed by atoms with Crippen molar-refractivity contribution in [2.45, 2.75) is 36.0 Å².